The number of rotatable bonds is 7. The first-order valence-electron chi connectivity index (χ1n) is 11.1. The standard InChI is InChI=1S/C26H32ClNO5/c1-5-32-22(30)25(17-29)15-26(16-25,28-23(31)33-24(2,3)4)14-18-9-11-19(12-10-18)20-7-6-8-21(27)13-20/h6-13,29H,5,14-17H2,1-4H3,(H,28,31)/t25-,26-. The topological polar surface area (TPSA) is 84.9 Å². The highest BCUT2D eigenvalue weighted by Crippen LogP contribution is 2.51. The lowest BCUT2D eigenvalue weighted by molar-refractivity contribution is -0.172. The van der Waals surface area contributed by atoms with E-state index in [-0.39, 0.29) is 26.1 Å². The van der Waals surface area contributed by atoms with Crippen LogP contribution in [0, 0.1) is 5.41 Å². The summed E-state index contributed by atoms with van der Waals surface area (Å²) in [7, 11) is 0. The minimum absolute atomic E-state index is 0.234. The van der Waals surface area contributed by atoms with Gasteiger partial charge in [0.2, 0.25) is 0 Å². The minimum atomic E-state index is -1.02. The summed E-state index contributed by atoms with van der Waals surface area (Å²) >= 11 is 6.11. The molecule has 0 spiro atoms. The van der Waals surface area contributed by atoms with E-state index in [0.29, 0.717) is 11.4 Å². The molecule has 2 N–H and O–H groups in total. The van der Waals surface area contributed by atoms with Crippen LogP contribution in [0.5, 0.6) is 0 Å². The third-order valence-electron chi connectivity index (χ3n) is 5.79. The van der Waals surface area contributed by atoms with E-state index in [1.54, 1.807) is 27.7 Å². The second kappa shape index (κ2) is 9.74. The first-order valence-corrected chi connectivity index (χ1v) is 11.5. The van der Waals surface area contributed by atoms with Crippen LogP contribution < -0.4 is 5.32 Å². The van der Waals surface area contributed by atoms with Gasteiger partial charge in [0.05, 0.1) is 18.6 Å². The number of alkyl carbamates (subject to hydrolysis) is 1. The van der Waals surface area contributed by atoms with Crippen molar-refractivity contribution >= 4 is 23.7 Å². The lowest BCUT2D eigenvalue weighted by atomic mass is 9.55. The summed E-state index contributed by atoms with van der Waals surface area (Å²) in [6.45, 7) is 7.02. The van der Waals surface area contributed by atoms with Crippen LogP contribution in [0.1, 0.15) is 46.1 Å². The summed E-state index contributed by atoms with van der Waals surface area (Å²) < 4.78 is 10.7. The maximum absolute atomic E-state index is 12.6. The van der Waals surface area contributed by atoms with Crippen LogP contribution in [-0.4, -0.2) is 41.5 Å². The Morgan fingerprint density at radius 2 is 1.76 bits per heavy atom. The van der Waals surface area contributed by atoms with Crippen molar-refractivity contribution in [1.29, 1.82) is 0 Å². The lowest BCUT2D eigenvalue weighted by Gasteiger charge is -2.54. The first kappa shape index (κ1) is 25.1. The van der Waals surface area contributed by atoms with Crippen LogP contribution in [-0.2, 0) is 20.7 Å². The van der Waals surface area contributed by atoms with Crippen LogP contribution in [0.2, 0.25) is 5.02 Å². The zero-order valence-electron chi connectivity index (χ0n) is 19.6. The van der Waals surface area contributed by atoms with E-state index >= 15 is 0 Å². The maximum Gasteiger partial charge on any atom is 0.408 e. The van der Waals surface area contributed by atoms with Crippen molar-refractivity contribution in [3.8, 4) is 11.1 Å². The molecule has 1 fully saturated rings. The predicted molar refractivity (Wildman–Crippen MR) is 128 cm³/mol. The number of esters is 1. The second-order valence-electron chi connectivity index (χ2n) is 9.80. The Hall–Kier alpha value is -2.57. The van der Waals surface area contributed by atoms with Gasteiger partial charge in [-0.3, -0.25) is 4.79 Å². The van der Waals surface area contributed by atoms with Crippen LogP contribution in [0.15, 0.2) is 48.5 Å². The molecular formula is C26H32ClNO5. The van der Waals surface area contributed by atoms with Gasteiger partial charge < -0.3 is 19.9 Å². The summed E-state index contributed by atoms with van der Waals surface area (Å²) in [5, 5.41) is 13.6. The van der Waals surface area contributed by atoms with E-state index < -0.39 is 28.6 Å². The lowest BCUT2D eigenvalue weighted by Crippen LogP contribution is -2.67. The minimum Gasteiger partial charge on any atom is -0.465 e. The zero-order chi connectivity index (χ0) is 24.3. The van der Waals surface area contributed by atoms with Crippen molar-refractivity contribution < 1.29 is 24.2 Å². The summed E-state index contributed by atoms with van der Waals surface area (Å²) in [6, 6.07) is 15.6. The Morgan fingerprint density at radius 3 is 2.30 bits per heavy atom. The quantitative estimate of drug-likeness (QED) is 0.543. The largest absolute Gasteiger partial charge is 0.465 e. The molecule has 0 bridgehead atoms. The Kier molecular flexibility index (Phi) is 7.39. The number of ether oxygens (including phenoxy) is 2. The Labute approximate surface area is 200 Å². The monoisotopic (exact) mass is 473 g/mol. The van der Waals surface area contributed by atoms with Crippen molar-refractivity contribution in [2.75, 3.05) is 13.2 Å². The summed E-state index contributed by atoms with van der Waals surface area (Å²) in [5.74, 6) is -0.439. The highest BCUT2D eigenvalue weighted by molar-refractivity contribution is 6.30. The van der Waals surface area contributed by atoms with Gasteiger partial charge in [-0.25, -0.2) is 4.79 Å². The van der Waals surface area contributed by atoms with Crippen molar-refractivity contribution in [1.82, 2.24) is 5.32 Å². The Bertz CT molecular complexity index is 990. The molecule has 2 aromatic rings. The average molecular weight is 474 g/mol. The molecule has 178 valence electrons. The second-order valence-corrected chi connectivity index (χ2v) is 10.2. The number of nitrogens with one attached hydrogen (secondary N) is 1. The number of carbonyl (C=O) groups is 2. The van der Waals surface area contributed by atoms with E-state index in [2.05, 4.69) is 5.32 Å². The van der Waals surface area contributed by atoms with E-state index in [1.807, 2.05) is 48.5 Å². The van der Waals surface area contributed by atoms with Crippen LogP contribution in [0.4, 0.5) is 4.79 Å². The van der Waals surface area contributed by atoms with Crippen molar-refractivity contribution in [3.05, 3.63) is 59.1 Å². The fraction of sp³-hybridized carbons (Fsp3) is 0.462. The first-order chi connectivity index (χ1) is 15.5. The fourth-order valence-electron chi connectivity index (χ4n) is 4.50. The van der Waals surface area contributed by atoms with Crippen molar-refractivity contribution in [2.45, 2.75) is 58.1 Å². The van der Waals surface area contributed by atoms with E-state index in [4.69, 9.17) is 21.1 Å². The molecule has 1 aliphatic carbocycles. The van der Waals surface area contributed by atoms with Crippen LogP contribution >= 0.6 is 11.6 Å². The molecule has 1 amide bonds. The molecule has 0 unspecified atom stereocenters. The van der Waals surface area contributed by atoms with Gasteiger partial charge >= 0.3 is 12.1 Å². The number of halogens is 1. The summed E-state index contributed by atoms with van der Waals surface area (Å²) in [6.07, 6.45) is 0.479. The fourth-order valence-corrected chi connectivity index (χ4v) is 4.69. The average Bonchev–Trinajstić information content (AvgIpc) is 2.70. The number of hydrogen-bond donors (Lipinski definition) is 2. The molecule has 0 atom stereocenters. The van der Waals surface area contributed by atoms with Gasteiger partial charge in [0.25, 0.3) is 0 Å². The maximum atomic E-state index is 12.6. The van der Waals surface area contributed by atoms with Gasteiger partial charge in [-0.15, -0.1) is 0 Å². The van der Waals surface area contributed by atoms with Crippen molar-refractivity contribution in [3.63, 3.8) is 0 Å². The summed E-state index contributed by atoms with van der Waals surface area (Å²) in [4.78, 5) is 25.1. The van der Waals surface area contributed by atoms with Crippen LogP contribution in [0.3, 0.4) is 0 Å². The van der Waals surface area contributed by atoms with Gasteiger partial charge in [-0.1, -0.05) is 48.0 Å². The highest BCUT2D eigenvalue weighted by Gasteiger charge is 2.60. The summed E-state index contributed by atoms with van der Waals surface area (Å²) in [5.41, 5.74) is 0.637. The molecule has 2 aromatic carbocycles. The molecule has 0 aliphatic heterocycles. The molecule has 7 heteroatoms. The smallest absolute Gasteiger partial charge is 0.408 e. The zero-order valence-corrected chi connectivity index (χ0v) is 20.4. The molecule has 0 saturated heterocycles. The molecule has 0 radical (unpaired) electrons. The van der Waals surface area contributed by atoms with Gasteiger partial charge in [-0.2, -0.15) is 0 Å². The number of amides is 1. The number of carbonyl (C=O) groups excluding carboxylic acids is 2. The van der Waals surface area contributed by atoms with E-state index in [9.17, 15) is 14.7 Å². The molecule has 33 heavy (non-hydrogen) atoms. The SMILES string of the molecule is CCOC(=O)[C@]1(CO)C[C@@](Cc2ccc(-c3cccc(Cl)c3)cc2)(NC(=O)OC(C)(C)C)C1. The van der Waals surface area contributed by atoms with Gasteiger partial charge in [0.15, 0.2) is 0 Å². The van der Waals surface area contributed by atoms with Crippen LogP contribution in [0.25, 0.3) is 11.1 Å². The Balaban J connectivity index is 1.81. The number of aliphatic hydroxyl groups is 1. The predicted octanol–water partition coefficient (Wildman–Crippen LogP) is 5.15. The molecule has 1 saturated carbocycles. The highest BCUT2D eigenvalue weighted by atomic mass is 35.5. The molecule has 6 nitrogen and oxygen atoms in total. The molecule has 0 aromatic heterocycles. The van der Waals surface area contributed by atoms with Crippen molar-refractivity contribution in [2.24, 2.45) is 5.41 Å². The van der Waals surface area contributed by atoms with E-state index in [1.165, 1.54) is 0 Å². The molecule has 0 heterocycles. The molecule has 1 aliphatic rings. The number of aliphatic hydroxyl groups excluding tert-OH is 1. The third-order valence-corrected chi connectivity index (χ3v) is 6.02. The number of hydrogen-bond acceptors (Lipinski definition) is 5. The Morgan fingerprint density at radius 1 is 1.09 bits per heavy atom. The molecule has 3 rings (SSSR count). The van der Waals surface area contributed by atoms with Gasteiger partial charge in [0.1, 0.15) is 5.60 Å². The van der Waals surface area contributed by atoms with E-state index in [0.717, 1.165) is 16.7 Å². The third kappa shape index (κ3) is 6.06. The normalized spacial score (nSPS) is 22.2. The van der Waals surface area contributed by atoms with Gasteiger partial charge in [0, 0.05) is 10.6 Å². The van der Waals surface area contributed by atoms with Gasteiger partial charge in [-0.05, 0) is 75.8 Å². The molecular weight excluding hydrogens is 442 g/mol. The number of benzene rings is 2.